The minimum absolute atomic E-state index is 0.00997. The Kier molecular flexibility index (Phi) is 8.04. The van der Waals surface area contributed by atoms with Crippen molar-refractivity contribution in [1.82, 2.24) is 14.3 Å². The Morgan fingerprint density at radius 3 is 2.50 bits per heavy atom. The second kappa shape index (κ2) is 10.1. The van der Waals surface area contributed by atoms with Crippen LogP contribution in [0.5, 0.6) is 0 Å². The first-order valence-corrected chi connectivity index (χ1v) is 11.7. The molecule has 1 amide bonds. The molecular weight excluding hydrogens is 426 g/mol. The lowest BCUT2D eigenvalue weighted by Crippen LogP contribution is -2.23. The van der Waals surface area contributed by atoms with Gasteiger partial charge in [0, 0.05) is 40.0 Å². The molecule has 0 aliphatic heterocycles. The number of amides is 1. The van der Waals surface area contributed by atoms with Crippen molar-refractivity contribution in [2.75, 3.05) is 44.2 Å². The van der Waals surface area contributed by atoms with Gasteiger partial charge in [0.2, 0.25) is 15.9 Å². The van der Waals surface area contributed by atoms with Crippen LogP contribution in [0.25, 0.3) is 0 Å². The second-order valence-electron chi connectivity index (χ2n) is 6.99. The van der Waals surface area contributed by atoms with Gasteiger partial charge in [-0.05, 0) is 24.6 Å². The molecule has 11 heteroatoms. The molecule has 0 radical (unpaired) electrons. The van der Waals surface area contributed by atoms with E-state index in [0.29, 0.717) is 28.6 Å². The fourth-order valence-electron chi connectivity index (χ4n) is 2.63. The Bertz CT molecular complexity index is 1060. The van der Waals surface area contributed by atoms with Gasteiger partial charge in [-0.1, -0.05) is 25.1 Å². The maximum atomic E-state index is 12.5. The molecule has 0 bridgehead atoms. The van der Waals surface area contributed by atoms with Crippen molar-refractivity contribution in [2.45, 2.75) is 29.8 Å². The summed E-state index contributed by atoms with van der Waals surface area (Å²) in [7, 11) is 2.86. The van der Waals surface area contributed by atoms with Gasteiger partial charge in [-0.3, -0.25) is 9.59 Å². The molecule has 1 aromatic carbocycles. The molecule has 1 aromatic heterocycles. The van der Waals surface area contributed by atoms with Gasteiger partial charge < -0.3 is 15.2 Å². The molecule has 0 aliphatic carbocycles. The molecule has 0 saturated heterocycles. The summed E-state index contributed by atoms with van der Waals surface area (Å²) in [5, 5.41) is 3.14. The van der Waals surface area contributed by atoms with E-state index >= 15 is 0 Å². The molecule has 0 atom stereocenters. The molecule has 2 rings (SSSR count). The Morgan fingerprint density at radius 1 is 1.20 bits per heavy atom. The smallest absolute Gasteiger partial charge is 0.251 e. The number of carbonyl (C=O) groups is 1. The maximum Gasteiger partial charge on any atom is 0.251 e. The van der Waals surface area contributed by atoms with Crippen molar-refractivity contribution in [3.63, 3.8) is 0 Å². The summed E-state index contributed by atoms with van der Waals surface area (Å²) in [4.78, 5) is 33.1. The third-order valence-corrected chi connectivity index (χ3v) is 6.81. The van der Waals surface area contributed by atoms with Crippen LogP contribution in [0, 0.1) is 0 Å². The first-order chi connectivity index (χ1) is 14.0. The Morgan fingerprint density at radius 2 is 1.90 bits per heavy atom. The van der Waals surface area contributed by atoms with Gasteiger partial charge in [0.1, 0.15) is 0 Å². The molecule has 9 nitrogen and oxygen atoms in total. The minimum atomic E-state index is -3.64. The van der Waals surface area contributed by atoms with Crippen LogP contribution < -0.4 is 15.8 Å². The van der Waals surface area contributed by atoms with E-state index in [-0.39, 0.29) is 22.1 Å². The van der Waals surface area contributed by atoms with Gasteiger partial charge in [-0.25, -0.2) is 17.7 Å². The van der Waals surface area contributed by atoms with Crippen LogP contribution in [0.1, 0.15) is 19.0 Å². The van der Waals surface area contributed by atoms with E-state index in [1.54, 1.807) is 25.1 Å². The van der Waals surface area contributed by atoms with Crippen LogP contribution in [0.15, 0.2) is 39.1 Å². The van der Waals surface area contributed by atoms with E-state index in [1.807, 2.05) is 6.92 Å². The number of aryl methyl sites for hydroxylation is 1. The number of carbonyl (C=O) groups excluding carboxylic acids is 1. The summed E-state index contributed by atoms with van der Waals surface area (Å²) in [5.74, 6) is -0.332. The molecule has 2 aromatic rings. The zero-order valence-electron chi connectivity index (χ0n) is 17.7. The van der Waals surface area contributed by atoms with Crippen molar-refractivity contribution >= 4 is 39.1 Å². The summed E-state index contributed by atoms with van der Waals surface area (Å²) in [5.41, 5.74) is 1.48. The van der Waals surface area contributed by atoms with Gasteiger partial charge in [-0.15, -0.1) is 0 Å². The van der Waals surface area contributed by atoms with E-state index < -0.39 is 10.0 Å². The fourth-order valence-corrected chi connectivity index (χ4v) is 4.26. The van der Waals surface area contributed by atoms with Crippen LogP contribution in [0.2, 0.25) is 0 Å². The van der Waals surface area contributed by atoms with Crippen LogP contribution in [-0.2, 0) is 21.2 Å². The van der Waals surface area contributed by atoms with Gasteiger partial charge >= 0.3 is 0 Å². The number of H-pyrrole nitrogens is 1. The Labute approximate surface area is 180 Å². The number of hydrogen-bond acceptors (Lipinski definition) is 7. The van der Waals surface area contributed by atoms with Gasteiger partial charge in [0.15, 0.2) is 5.16 Å². The van der Waals surface area contributed by atoms with Crippen LogP contribution in [-0.4, -0.2) is 62.5 Å². The zero-order valence-corrected chi connectivity index (χ0v) is 19.4. The predicted molar refractivity (Wildman–Crippen MR) is 120 cm³/mol. The minimum Gasteiger partial charge on any atom is -0.376 e. The van der Waals surface area contributed by atoms with Crippen molar-refractivity contribution in [1.29, 1.82) is 0 Å². The monoisotopic (exact) mass is 453 g/mol. The van der Waals surface area contributed by atoms with Crippen molar-refractivity contribution in [3.8, 4) is 0 Å². The van der Waals surface area contributed by atoms with Crippen molar-refractivity contribution < 1.29 is 13.2 Å². The number of anilines is 2. The fraction of sp³-hybridized carbons (Fsp3) is 0.421. The molecular formula is C19H27N5O4S2. The number of aromatic amines is 1. The average molecular weight is 454 g/mol. The third kappa shape index (κ3) is 6.07. The second-order valence-corrected chi connectivity index (χ2v) is 10.1. The summed E-state index contributed by atoms with van der Waals surface area (Å²) < 4.78 is 26.0. The van der Waals surface area contributed by atoms with Crippen molar-refractivity contribution in [3.05, 3.63) is 40.3 Å². The normalized spacial score (nSPS) is 11.5. The largest absolute Gasteiger partial charge is 0.376 e. The Balaban J connectivity index is 2.20. The number of aromatic nitrogens is 2. The van der Waals surface area contributed by atoms with E-state index in [1.165, 1.54) is 32.3 Å². The summed E-state index contributed by atoms with van der Waals surface area (Å²) >= 11 is 1.11. The van der Waals surface area contributed by atoms with E-state index in [9.17, 15) is 18.0 Å². The number of hydrogen-bond donors (Lipinski definition) is 2. The molecule has 0 spiro atoms. The van der Waals surface area contributed by atoms with E-state index in [2.05, 4.69) is 15.3 Å². The lowest BCUT2D eigenvalue weighted by Gasteiger charge is -2.20. The SMILES string of the molecule is CCCc1cc(=O)[nH]c(SCC(=O)Nc2cc(S(=O)(=O)N(C)C)ccc2N(C)C)n1. The highest BCUT2D eigenvalue weighted by molar-refractivity contribution is 7.99. The summed E-state index contributed by atoms with van der Waals surface area (Å²) in [6.45, 7) is 2.00. The first kappa shape index (κ1) is 23.9. The molecule has 1 heterocycles. The lowest BCUT2D eigenvalue weighted by atomic mass is 10.2. The summed E-state index contributed by atoms with van der Waals surface area (Å²) in [6, 6.07) is 6.04. The number of thioether (sulfide) groups is 1. The molecule has 0 saturated carbocycles. The van der Waals surface area contributed by atoms with Gasteiger partial charge in [0.05, 0.1) is 22.0 Å². The van der Waals surface area contributed by atoms with Gasteiger partial charge in [0.25, 0.3) is 5.56 Å². The molecule has 0 aliphatic rings. The molecule has 0 fully saturated rings. The number of rotatable bonds is 9. The highest BCUT2D eigenvalue weighted by Crippen LogP contribution is 2.29. The van der Waals surface area contributed by atoms with Crippen LogP contribution >= 0.6 is 11.8 Å². The first-order valence-electron chi connectivity index (χ1n) is 9.31. The highest BCUT2D eigenvalue weighted by atomic mass is 32.2. The number of sulfonamides is 1. The Hall–Kier alpha value is -2.37. The number of benzene rings is 1. The van der Waals surface area contributed by atoms with Crippen LogP contribution in [0.3, 0.4) is 0 Å². The molecule has 0 unspecified atom stereocenters. The third-order valence-electron chi connectivity index (χ3n) is 4.12. The van der Waals surface area contributed by atoms with Crippen LogP contribution in [0.4, 0.5) is 11.4 Å². The molecule has 30 heavy (non-hydrogen) atoms. The highest BCUT2D eigenvalue weighted by Gasteiger charge is 2.20. The quantitative estimate of drug-likeness (QED) is 0.439. The number of nitrogens with one attached hydrogen (secondary N) is 2. The molecule has 164 valence electrons. The number of nitrogens with zero attached hydrogens (tertiary/aromatic N) is 3. The lowest BCUT2D eigenvalue weighted by molar-refractivity contribution is -0.113. The molecule has 2 N–H and O–H groups in total. The average Bonchev–Trinajstić information content (AvgIpc) is 2.66. The van der Waals surface area contributed by atoms with E-state index in [0.717, 1.165) is 22.5 Å². The predicted octanol–water partition coefficient (Wildman–Crippen LogP) is 1.77. The van der Waals surface area contributed by atoms with Crippen molar-refractivity contribution in [2.24, 2.45) is 0 Å². The van der Waals surface area contributed by atoms with Gasteiger partial charge in [-0.2, -0.15) is 0 Å². The standard InChI is InChI=1S/C19H27N5O4S2/c1-6-7-13-10-17(25)22-19(20-13)29-12-18(26)21-15-11-14(30(27,28)24(4)5)8-9-16(15)23(2)3/h8-11H,6-7,12H2,1-5H3,(H,21,26)(H,20,22,25). The maximum absolute atomic E-state index is 12.5. The topological polar surface area (TPSA) is 115 Å². The summed E-state index contributed by atoms with van der Waals surface area (Å²) in [6.07, 6.45) is 1.55. The van der Waals surface area contributed by atoms with E-state index in [4.69, 9.17) is 0 Å². The zero-order chi connectivity index (χ0) is 22.5.